The van der Waals surface area contributed by atoms with Gasteiger partial charge in [0.15, 0.2) is 5.11 Å². The Hall–Kier alpha value is -0.570. The molecule has 2 fully saturated rings. The smallest absolute Gasteiger partial charge is 0.166 e. The van der Waals surface area contributed by atoms with Gasteiger partial charge in [0.1, 0.15) is 0 Å². The molecule has 2 bridgehead atoms. The molecule has 5 unspecified atom stereocenters. The Morgan fingerprint density at radius 3 is 2.50 bits per heavy atom. The van der Waals surface area contributed by atoms with Crippen LogP contribution in [0, 0.1) is 23.2 Å². The van der Waals surface area contributed by atoms with E-state index in [9.17, 15) is 0 Å². The Bertz CT molecular complexity index is 415. The summed E-state index contributed by atoms with van der Waals surface area (Å²) in [5.41, 5.74) is 0.445. The van der Waals surface area contributed by atoms with Gasteiger partial charge in [-0.15, -0.1) is 0 Å². The molecular formula is C17H28N2S. The Balaban J connectivity index is 1.50. The van der Waals surface area contributed by atoms with Crippen molar-refractivity contribution in [2.45, 2.75) is 65.0 Å². The van der Waals surface area contributed by atoms with Crippen molar-refractivity contribution in [1.82, 2.24) is 10.6 Å². The fraction of sp³-hybridized carbons (Fsp3) is 0.824. The normalized spacial score (nSPS) is 41.6. The molecule has 0 amide bonds. The van der Waals surface area contributed by atoms with Gasteiger partial charge in [-0.1, -0.05) is 32.9 Å². The van der Waals surface area contributed by atoms with E-state index in [0.717, 1.165) is 16.9 Å². The molecule has 3 aliphatic carbocycles. The van der Waals surface area contributed by atoms with Crippen molar-refractivity contribution in [2.24, 2.45) is 23.2 Å². The average Bonchev–Trinajstić information content (AvgIpc) is 2.87. The molecule has 0 heterocycles. The SMILES string of the molecule is CC1CC(NC(=S)NC2CC3C=CC2C3)CC(C)(C)C1. The van der Waals surface area contributed by atoms with Gasteiger partial charge in [-0.25, -0.2) is 0 Å². The molecule has 3 aliphatic rings. The van der Waals surface area contributed by atoms with E-state index in [1.165, 1.54) is 32.1 Å². The largest absolute Gasteiger partial charge is 0.360 e. The van der Waals surface area contributed by atoms with Crippen LogP contribution in [0.1, 0.15) is 52.9 Å². The molecule has 2 nitrogen and oxygen atoms in total. The van der Waals surface area contributed by atoms with Crippen molar-refractivity contribution < 1.29 is 0 Å². The van der Waals surface area contributed by atoms with Gasteiger partial charge in [-0.2, -0.15) is 0 Å². The van der Waals surface area contributed by atoms with Crippen LogP contribution < -0.4 is 10.6 Å². The van der Waals surface area contributed by atoms with Crippen molar-refractivity contribution in [3.05, 3.63) is 12.2 Å². The van der Waals surface area contributed by atoms with E-state index in [0.29, 0.717) is 23.4 Å². The number of allylic oxidation sites excluding steroid dienone is 1. The van der Waals surface area contributed by atoms with E-state index in [-0.39, 0.29) is 0 Å². The van der Waals surface area contributed by atoms with Gasteiger partial charge in [0.25, 0.3) is 0 Å². The highest BCUT2D eigenvalue weighted by Crippen LogP contribution is 2.40. The quantitative estimate of drug-likeness (QED) is 0.600. The second-order valence-corrected chi connectivity index (χ2v) is 8.52. The molecule has 0 aromatic rings. The van der Waals surface area contributed by atoms with Gasteiger partial charge in [0.2, 0.25) is 0 Å². The first-order chi connectivity index (χ1) is 9.41. The summed E-state index contributed by atoms with van der Waals surface area (Å²) in [4.78, 5) is 0. The minimum Gasteiger partial charge on any atom is -0.360 e. The van der Waals surface area contributed by atoms with E-state index in [1.54, 1.807) is 0 Å². The molecule has 3 rings (SSSR count). The standard InChI is InChI=1S/C17H28N2S/c1-11-6-14(10-17(2,3)9-11)18-16(20)19-15-8-12-4-5-13(15)7-12/h4-5,11-15H,6-10H2,1-3H3,(H2,18,19,20). The zero-order chi connectivity index (χ0) is 14.3. The zero-order valence-electron chi connectivity index (χ0n) is 13.0. The molecule has 0 spiro atoms. The van der Waals surface area contributed by atoms with Crippen molar-refractivity contribution in [2.75, 3.05) is 0 Å². The van der Waals surface area contributed by atoms with Crippen LogP contribution in [0.5, 0.6) is 0 Å². The summed E-state index contributed by atoms with van der Waals surface area (Å²) in [6.45, 7) is 7.13. The maximum Gasteiger partial charge on any atom is 0.166 e. The highest BCUT2D eigenvalue weighted by molar-refractivity contribution is 7.80. The van der Waals surface area contributed by atoms with Crippen molar-refractivity contribution in [1.29, 1.82) is 0 Å². The molecular weight excluding hydrogens is 264 g/mol. The monoisotopic (exact) mass is 292 g/mol. The summed E-state index contributed by atoms with van der Waals surface area (Å²) < 4.78 is 0. The molecule has 112 valence electrons. The van der Waals surface area contributed by atoms with Crippen molar-refractivity contribution >= 4 is 17.3 Å². The van der Waals surface area contributed by atoms with Crippen LogP contribution in [0.4, 0.5) is 0 Å². The second kappa shape index (κ2) is 5.32. The second-order valence-electron chi connectivity index (χ2n) is 8.11. The Kier molecular flexibility index (Phi) is 3.83. The lowest BCUT2D eigenvalue weighted by Gasteiger charge is -2.40. The summed E-state index contributed by atoms with van der Waals surface area (Å²) in [6, 6.07) is 1.11. The predicted octanol–water partition coefficient (Wildman–Crippen LogP) is 3.63. The van der Waals surface area contributed by atoms with Crippen LogP contribution in [0.3, 0.4) is 0 Å². The average molecular weight is 292 g/mol. The van der Waals surface area contributed by atoms with Crippen LogP contribution in [0.15, 0.2) is 12.2 Å². The molecule has 0 aliphatic heterocycles. The summed E-state index contributed by atoms with van der Waals surface area (Å²) in [7, 11) is 0. The first kappa shape index (κ1) is 14.4. The van der Waals surface area contributed by atoms with Crippen LogP contribution in [-0.2, 0) is 0 Å². The summed E-state index contributed by atoms with van der Waals surface area (Å²) in [5.74, 6) is 2.31. The number of rotatable bonds is 2. The van der Waals surface area contributed by atoms with Gasteiger partial charge < -0.3 is 10.6 Å². The number of hydrogen-bond acceptors (Lipinski definition) is 1. The Labute approximate surface area is 128 Å². The van der Waals surface area contributed by atoms with E-state index >= 15 is 0 Å². The lowest BCUT2D eigenvalue weighted by atomic mass is 9.71. The lowest BCUT2D eigenvalue weighted by molar-refractivity contribution is 0.161. The maximum absolute atomic E-state index is 5.55. The minimum atomic E-state index is 0.445. The van der Waals surface area contributed by atoms with Crippen LogP contribution >= 0.6 is 12.2 Å². The van der Waals surface area contributed by atoms with Crippen molar-refractivity contribution in [3.8, 4) is 0 Å². The van der Waals surface area contributed by atoms with Crippen LogP contribution in [-0.4, -0.2) is 17.2 Å². The third-order valence-corrected chi connectivity index (χ3v) is 5.55. The third kappa shape index (κ3) is 3.19. The van der Waals surface area contributed by atoms with E-state index in [4.69, 9.17) is 12.2 Å². The molecule has 3 heteroatoms. The third-order valence-electron chi connectivity index (χ3n) is 5.32. The topological polar surface area (TPSA) is 24.1 Å². The van der Waals surface area contributed by atoms with Gasteiger partial charge in [-0.05, 0) is 67.5 Å². The number of thiocarbonyl (C=S) groups is 1. The van der Waals surface area contributed by atoms with Gasteiger partial charge in [-0.3, -0.25) is 0 Å². The van der Waals surface area contributed by atoms with Crippen LogP contribution in [0.25, 0.3) is 0 Å². The summed E-state index contributed by atoms with van der Waals surface area (Å²) >= 11 is 5.55. The molecule has 0 saturated heterocycles. The minimum absolute atomic E-state index is 0.445. The fourth-order valence-corrected chi connectivity index (χ4v) is 5.12. The Morgan fingerprint density at radius 2 is 1.90 bits per heavy atom. The summed E-state index contributed by atoms with van der Waals surface area (Å²) in [5, 5.41) is 8.04. The van der Waals surface area contributed by atoms with Crippen LogP contribution in [0.2, 0.25) is 0 Å². The van der Waals surface area contributed by atoms with E-state index in [1.807, 2.05) is 0 Å². The number of nitrogens with one attached hydrogen (secondary N) is 2. The Morgan fingerprint density at radius 1 is 1.10 bits per heavy atom. The molecule has 0 aromatic heterocycles. The van der Waals surface area contributed by atoms with Crippen molar-refractivity contribution in [3.63, 3.8) is 0 Å². The highest BCUT2D eigenvalue weighted by Gasteiger charge is 2.36. The molecule has 2 N–H and O–H groups in total. The molecule has 5 atom stereocenters. The highest BCUT2D eigenvalue weighted by atomic mass is 32.1. The molecule has 0 radical (unpaired) electrons. The van der Waals surface area contributed by atoms with Gasteiger partial charge in [0, 0.05) is 12.1 Å². The number of hydrogen-bond donors (Lipinski definition) is 2. The van der Waals surface area contributed by atoms with Gasteiger partial charge in [0.05, 0.1) is 0 Å². The molecule has 20 heavy (non-hydrogen) atoms. The number of fused-ring (bicyclic) bond motifs is 2. The lowest BCUT2D eigenvalue weighted by Crippen LogP contribution is -2.50. The fourth-order valence-electron chi connectivity index (χ4n) is 4.80. The summed E-state index contributed by atoms with van der Waals surface area (Å²) in [6.07, 6.45) is 11.2. The van der Waals surface area contributed by atoms with Gasteiger partial charge >= 0.3 is 0 Å². The first-order valence-electron chi connectivity index (χ1n) is 8.17. The van der Waals surface area contributed by atoms with E-state index < -0.39 is 0 Å². The predicted molar refractivity (Wildman–Crippen MR) is 88.6 cm³/mol. The zero-order valence-corrected chi connectivity index (χ0v) is 13.8. The molecule has 0 aromatic carbocycles. The molecule has 2 saturated carbocycles. The van der Waals surface area contributed by atoms with E-state index in [2.05, 4.69) is 43.6 Å². The maximum atomic E-state index is 5.55. The first-order valence-corrected chi connectivity index (χ1v) is 8.57.